The molecule has 1 saturated carbocycles. The first-order valence-corrected chi connectivity index (χ1v) is 9.68. The molecule has 0 heterocycles. The number of amides is 1. The van der Waals surface area contributed by atoms with E-state index >= 15 is 0 Å². The van der Waals surface area contributed by atoms with Crippen molar-refractivity contribution >= 4 is 15.9 Å². The lowest BCUT2D eigenvalue weighted by Crippen LogP contribution is -2.57. The third-order valence-electron chi connectivity index (χ3n) is 4.49. The Kier molecular flexibility index (Phi) is 5.21. The van der Waals surface area contributed by atoms with Gasteiger partial charge in [0, 0.05) is 31.5 Å². The molecular formula is C16H21F3N2O3S. The van der Waals surface area contributed by atoms with Crippen LogP contribution in [0.25, 0.3) is 0 Å². The summed E-state index contributed by atoms with van der Waals surface area (Å²) in [5.74, 6) is -4.68. The summed E-state index contributed by atoms with van der Waals surface area (Å²) < 4.78 is 65.6. The zero-order valence-electron chi connectivity index (χ0n) is 14.1. The number of rotatable bonds is 7. The maximum atomic E-state index is 14.4. The second kappa shape index (κ2) is 6.60. The molecule has 0 radical (unpaired) electrons. The van der Waals surface area contributed by atoms with E-state index in [0.717, 1.165) is 16.6 Å². The average Bonchev–Trinajstić information content (AvgIpc) is 2.44. The van der Waals surface area contributed by atoms with Crippen LogP contribution in [0, 0.1) is 5.82 Å². The Morgan fingerprint density at radius 1 is 1.32 bits per heavy atom. The summed E-state index contributed by atoms with van der Waals surface area (Å²) in [5.41, 5.74) is 3.88. The highest BCUT2D eigenvalue weighted by molar-refractivity contribution is 7.88. The molecular weight excluding hydrogens is 357 g/mol. The fourth-order valence-electron chi connectivity index (χ4n) is 3.13. The van der Waals surface area contributed by atoms with Crippen LogP contribution in [0.2, 0.25) is 0 Å². The summed E-state index contributed by atoms with van der Waals surface area (Å²) in [5, 5.41) is 0. The Hall–Kier alpha value is -1.61. The van der Waals surface area contributed by atoms with Crippen LogP contribution in [0.1, 0.15) is 37.3 Å². The van der Waals surface area contributed by atoms with Gasteiger partial charge in [0.1, 0.15) is 5.82 Å². The highest BCUT2D eigenvalue weighted by Crippen LogP contribution is 2.53. The SMILES string of the molecule is CCCN(Cc1ccc(C2(C(N)=O)CC(F)(F)C2)cc1F)S(C)(=O)=O. The van der Waals surface area contributed by atoms with Crippen molar-refractivity contribution in [2.75, 3.05) is 12.8 Å². The van der Waals surface area contributed by atoms with Crippen molar-refractivity contribution in [3.63, 3.8) is 0 Å². The first-order valence-electron chi connectivity index (χ1n) is 7.83. The van der Waals surface area contributed by atoms with Gasteiger partial charge in [0.15, 0.2) is 0 Å². The van der Waals surface area contributed by atoms with Gasteiger partial charge < -0.3 is 5.73 Å². The molecule has 9 heteroatoms. The maximum Gasteiger partial charge on any atom is 0.250 e. The molecule has 2 rings (SSSR count). The van der Waals surface area contributed by atoms with Gasteiger partial charge in [-0.1, -0.05) is 19.1 Å². The number of nitrogens with zero attached hydrogens (tertiary/aromatic N) is 1. The largest absolute Gasteiger partial charge is 0.369 e. The van der Waals surface area contributed by atoms with Crippen molar-refractivity contribution in [2.24, 2.45) is 5.73 Å². The van der Waals surface area contributed by atoms with Crippen LogP contribution in [0.4, 0.5) is 13.2 Å². The number of hydrogen-bond acceptors (Lipinski definition) is 3. The van der Waals surface area contributed by atoms with Crippen molar-refractivity contribution in [1.29, 1.82) is 0 Å². The van der Waals surface area contributed by atoms with E-state index < -0.39 is 45.9 Å². The van der Waals surface area contributed by atoms with Crippen LogP contribution in [0.5, 0.6) is 0 Å². The summed E-state index contributed by atoms with van der Waals surface area (Å²) in [6.45, 7) is 1.86. The summed E-state index contributed by atoms with van der Waals surface area (Å²) in [6, 6.07) is 3.69. The van der Waals surface area contributed by atoms with E-state index in [0.29, 0.717) is 6.42 Å². The van der Waals surface area contributed by atoms with Crippen molar-refractivity contribution in [3.8, 4) is 0 Å². The van der Waals surface area contributed by atoms with Gasteiger partial charge in [-0.25, -0.2) is 21.6 Å². The molecule has 0 saturated heterocycles. The number of primary amides is 1. The number of carbonyl (C=O) groups is 1. The van der Waals surface area contributed by atoms with Gasteiger partial charge >= 0.3 is 0 Å². The summed E-state index contributed by atoms with van der Waals surface area (Å²) in [4.78, 5) is 11.7. The standard InChI is InChI=1S/C16H21F3N2O3S/c1-3-6-21(25(2,23)24)8-11-4-5-12(7-13(11)17)15(14(20)22)9-16(18,19)10-15/h4-5,7H,3,6,8-10H2,1-2H3,(H2,20,22). The van der Waals surface area contributed by atoms with Gasteiger partial charge in [0.05, 0.1) is 11.7 Å². The van der Waals surface area contributed by atoms with Crippen molar-refractivity contribution in [3.05, 3.63) is 35.1 Å². The molecule has 140 valence electrons. The fraction of sp³-hybridized carbons (Fsp3) is 0.562. The molecule has 0 aromatic heterocycles. The van der Waals surface area contributed by atoms with Gasteiger partial charge in [-0.15, -0.1) is 0 Å². The van der Waals surface area contributed by atoms with E-state index in [1.807, 2.05) is 0 Å². The number of sulfonamides is 1. The minimum atomic E-state index is -3.51. The number of alkyl halides is 2. The highest BCUT2D eigenvalue weighted by Gasteiger charge is 2.61. The van der Waals surface area contributed by atoms with E-state index in [1.165, 1.54) is 12.1 Å². The topological polar surface area (TPSA) is 80.5 Å². The number of benzene rings is 1. The second-order valence-electron chi connectivity index (χ2n) is 6.56. The third kappa shape index (κ3) is 3.98. The zero-order chi connectivity index (χ0) is 19.0. The summed E-state index contributed by atoms with van der Waals surface area (Å²) >= 11 is 0. The van der Waals surface area contributed by atoms with Crippen molar-refractivity contribution in [2.45, 2.75) is 44.1 Å². The molecule has 1 aliphatic rings. The van der Waals surface area contributed by atoms with Crippen LogP contribution in [-0.4, -0.2) is 37.4 Å². The third-order valence-corrected chi connectivity index (χ3v) is 5.74. The monoisotopic (exact) mass is 378 g/mol. The minimum absolute atomic E-state index is 0.0913. The molecule has 25 heavy (non-hydrogen) atoms. The summed E-state index contributed by atoms with van der Waals surface area (Å²) in [6.07, 6.45) is 0.0962. The Morgan fingerprint density at radius 3 is 2.32 bits per heavy atom. The second-order valence-corrected chi connectivity index (χ2v) is 8.54. The first-order chi connectivity index (χ1) is 11.4. The van der Waals surface area contributed by atoms with Gasteiger partial charge in [0.25, 0.3) is 5.92 Å². The Morgan fingerprint density at radius 2 is 1.92 bits per heavy atom. The van der Waals surface area contributed by atoms with Gasteiger partial charge in [0.2, 0.25) is 15.9 Å². The van der Waals surface area contributed by atoms with Crippen molar-refractivity contribution < 1.29 is 26.4 Å². The molecule has 0 aliphatic heterocycles. The Bertz CT molecular complexity index is 773. The fourth-order valence-corrected chi connectivity index (χ4v) is 4.01. The lowest BCUT2D eigenvalue weighted by molar-refractivity contribution is -0.156. The predicted octanol–water partition coefficient (Wildman–Crippen LogP) is 2.15. The molecule has 0 spiro atoms. The molecule has 1 aromatic carbocycles. The van der Waals surface area contributed by atoms with Crippen LogP contribution in [-0.2, 0) is 26.8 Å². The van der Waals surface area contributed by atoms with Crippen LogP contribution in [0.3, 0.4) is 0 Å². The smallest absolute Gasteiger partial charge is 0.250 e. The van der Waals surface area contributed by atoms with E-state index in [-0.39, 0.29) is 24.2 Å². The lowest BCUT2D eigenvalue weighted by Gasteiger charge is -2.45. The molecule has 2 N–H and O–H groups in total. The quantitative estimate of drug-likeness (QED) is 0.789. The molecule has 5 nitrogen and oxygen atoms in total. The first kappa shape index (κ1) is 19.7. The zero-order valence-corrected chi connectivity index (χ0v) is 14.9. The van der Waals surface area contributed by atoms with E-state index in [4.69, 9.17) is 5.73 Å². The van der Waals surface area contributed by atoms with E-state index in [1.54, 1.807) is 6.92 Å². The number of hydrogen-bond donors (Lipinski definition) is 1. The van der Waals surface area contributed by atoms with E-state index in [2.05, 4.69) is 0 Å². The van der Waals surface area contributed by atoms with Crippen LogP contribution in [0.15, 0.2) is 18.2 Å². The molecule has 1 aliphatic carbocycles. The summed E-state index contributed by atoms with van der Waals surface area (Å²) in [7, 11) is -3.51. The minimum Gasteiger partial charge on any atom is -0.369 e. The predicted molar refractivity (Wildman–Crippen MR) is 87.0 cm³/mol. The van der Waals surface area contributed by atoms with Gasteiger partial charge in [-0.2, -0.15) is 4.31 Å². The molecule has 0 bridgehead atoms. The lowest BCUT2D eigenvalue weighted by atomic mass is 9.61. The number of carbonyl (C=O) groups excluding carboxylic acids is 1. The van der Waals surface area contributed by atoms with Crippen molar-refractivity contribution in [1.82, 2.24) is 4.31 Å². The van der Waals surface area contributed by atoms with Crippen LogP contribution >= 0.6 is 0 Å². The van der Waals surface area contributed by atoms with Gasteiger partial charge in [-0.05, 0) is 18.1 Å². The molecule has 0 unspecified atom stereocenters. The van der Waals surface area contributed by atoms with Crippen LogP contribution < -0.4 is 5.73 Å². The number of nitrogens with two attached hydrogens (primary N) is 1. The highest BCUT2D eigenvalue weighted by atomic mass is 32.2. The normalized spacial score (nSPS) is 18.8. The maximum absolute atomic E-state index is 14.4. The molecule has 1 fully saturated rings. The van der Waals surface area contributed by atoms with E-state index in [9.17, 15) is 26.4 Å². The molecule has 0 atom stereocenters. The molecule has 1 aromatic rings. The van der Waals surface area contributed by atoms with Gasteiger partial charge in [-0.3, -0.25) is 4.79 Å². The Balaban J connectivity index is 2.30. The Labute approximate surface area is 145 Å². The number of halogens is 3. The molecule has 1 amide bonds. The average molecular weight is 378 g/mol.